The number of fused-ring (bicyclic) bond motifs is 2. The standard InChI is InChI=1S/C25H23N3O5/c1-3-32-25(30)21-22(29)20(12-16-13-27-23-17(16)7-5-10-26-23)33-24(21)28-11-9-15-6-4-8-19(31-2)18(15)14-28/h4-8,10,12-13H,3,9,11,14H2,1-2H3,(H,26,27)/b20-12-. The van der Waals surface area contributed by atoms with Gasteiger partial charge in [0.15, 0.2) is 11.3 Å². The number of H-pyrrole nitrogens is 1. The summed E-state index contributed by atoms with van der Waals surface area (Å²) < 4.78 is 16.8. The molecular formula is C25H23N3O5. The summed E-state index contributed by atoms with van der Waals surface area (Å²) >= 11 is 0. The Morgan fingerprint density at radius 3 is 3.00 bits per heavy atom. The lowest BCUT2D eigenvalue weighted by molar-refractivity contribution is -0.139. The van der Waals surface area contributed by atoms with Crippen molar-refractivity contribution in [2.45, 2.75) is 19.9 Å². The van der Waals surface area contributed by atoms with Crippen LogP contribution in [0.2, 0.25) is 0 Å². The highest BCUT2D eigenvalue weighted by Crippen LogP contribution is 2.36. The summed E-state index contributed by atoms with van der Waals surface area (Å²) in [6.45, 7) is 2.91. The van der Waals surface area contributed by atoms with Gasteiger partial charge >= 0.3 is 5.97 Å². The fourth-order valence-corrected chi connectivity index (χ4v) is 4.28. The molecule has 0 atom stereocenters. The van der Waals surface area contributed by atoms with Crippen LogP contribution in [0, 0.1) is 0 Å². The summed E-state index contributed by atoms with van der Waals surface area (Å²) in [6.07, 6.45) is 5.81. The Bertz CT molecular complexity index is 1310. The van der Waals surface area contributed by atoms with Crippen molar-refractivity contribution in [1.82, 2.24) is 14.9 Å². The number of hydrogen-bond acceptors (Lipinski definition) is 7. The number of aromatic nitrogens is 2. The Kier molecular flexibility index (Phi) is 5.34. The number of ether oxygens (including phenoxy) is 3. The number of aromatic amines is 1. The molecule has 0 radical (unpaired) electrons. The summed E-state index contributed by atoms with van der Waals surface area (Å²) in [5, 5.41) is 0.851. The summed E-state index contributed by atoms with van der Waals surface area (Å²) in [5.41, 5.74) is 3.55. The van der Waals surface area contributed by atoms with Gasteiger partial charge in [0, 0.05) is 42.0 Å². The predicted octanol–water partition coefficient (Wildman–Crippen LogP) is 3.34. The topological polar surface area (TPSA) is 93.8 Å². The number of ketones is 1. The highest BCUT2D eigenvalue weighted by molar-refractivity contribution is 6.26. The highest BCUT2D eigenvalue weighted by Gasteiger charge is 2.40. The second-order valence-corrected chi connectivity index (χ2v) is 7.75. The Hall–Kier alpha value is -4.07. The van der Waals surface area contributed by atoms with Crippen LogP contribution in [0.1, 0.15) is 23.6 Å². The van der Waals surface area contributed by atoms with E-state index in [1.165, 1.54) is 5.56 Å². The van der Waals surface area contributed by atoms with Crippen LogP contribution < -0.4 is 4.74 Å². The zero-order chi connectivity index (χ0) is 22.9. The number of Topliss-reactive ketones (excluding diaryl/α,β-unsaturated/α-hetero) is 1. The first-order valence-corrected chi connectivity index (χ1v) is 10.8. The zero-order valence-electron chi connectivity index (χ0n) is 18.4. The van der Waals surface area contributed by atoms with Gasteiger partial charge in [-0.1, -0.05) is 12.1 Å². The van der Waals surface area contributed by atoms with E-state index in [1.807, 2.05) is 29.2 Å². The fourth-order valence-electron chi connectivity index (χ4n) is 4.28. The molecule has 168 valence electrons. The molecule has 2 aliphatic rings. The second-order valence-electron chi connectivity index (χ2n) is 7.75. The zero-order valence-corrected chi connectivity index (χ0v) is 18.4. The van der Waals surface area contributed by atoms with E-state index in [1.54, 1.807) is 32.5 Å². The molecule has 0 saturated carbocycles. The van der Waals surface area contributed by atoms with E-state index < -0.39 is 11.8 Å². The minimum Gasteiger partial charge on any atom is -0.496 e. The molecule has 0 unspecified atom stereocenters. The van der Waals surface area contributed by atoms with E-state index in [-0.39, 0.29) is 23.8 Å². The summed E-state index contributed by atoms with van der Waals surface area (Å²) in [4.78, 5) is 35.3. The molecular weight excluding hydrogens is 422 g/mol. The molecule has 8 heteroatoms. The number of rotatable bonds is 5. The van der Waals surface area contributed by atoms with Gasteiger partial charge in [0.05, 0.1) is 13.7 Å². The number of nitrogens with one attached hydrogen (secondary N) is 1. The molecule has 2 aliphatic heterocycles. The number of methoxy groups -OCH3 is 1. The van der Waals surface area contributed by atoms with E-state index >= 15 is 0 Å². The molecule has 4 heterocycles. The summed E-state index contributed by atoms with van der Waals surface area (Å²) in [7, 11) is 1.63. The molecule has 8 nitrogen and oxygen atoms in total. The SMILES string of the molecule is CCOC(=O)C1=C(N2CCc3cccc(OC)c3C2)O/C(=C\c2c[nH]c3ncccc23)C1=O. The van der Waals surface area contributed by atoms with Crippen molar-refractivity contribution < 1.29 is 23.8 Å². The molecule has 1 aromatic carbocycles. The fraction of sp³-hybridized carbons (Fsp3) is 0.240. The Morgan fingerprint density at radius 2 is 2.18 bits per heavy atom. The summed E-state index contributed by atoms with van der Waals surface area (Å²) in [6, 6.07) is 9.65. The van der Waals surface area contributed by atoms with E-state index in [0.717, 1.165) is 28.7 Å². The number of allylic oxidation sites excluding steroid dienone is 1. The molecule has 0 spiro atoms. The third kappa shape index (κ3) is 3.63. The van der Waals surface area contributed by atoms with Crippen LogP contribution in [0.4, 0.5) is 0 Å². The van der Waals surface area contributed by atoms with Gasteiger partial charge in [0.25, 0.3) is 0 Å². The van der Waals surface area contributed by atoms with Gasteiger partial charge in [-0.15, -0.1) is 0 Å². The average Bonchev–Trinajstić information content (AvgIpc) is 3.39. The van der Waals surface area contributed by atoms with Gasteiger partial charge in [0.2, 0.25) is 11.7 Å². The lowest BCUT2D eigenvalue weighted by Gasteiger charge is -2.31. The first-order valence-electron chi connectivity index (χ1n) is 10.8. The maximum Gasteiger partial charge on any atom is 0.347 e. The van der Waals surface area contributed by atoms with E-state index in [0.29, 0.717) is 18.7 Å². The number of nitrogens with zero attached hydrogens (tertiary/aromatic N) is 2. The Balaban J connectivity index is 1.53. The van der Waals surface area contributed by atoms with Gasteiger partial charge in [-0.05, 0) is 43.2 Å². The molecule has 0 bridgehead atoms. The van der Waals surface area contributed by atoms with Gasteiger partial charge in [-0.25, -0.2) is 9.78 Å². The third-order valence-electron chi connectivity index (χ3n) is 5.86. The second kappa shape index (κ2) is 8.46. The van der Waals surface area contributed by atoms with Gasteiger partial charge in [0.1, 0.15) is 11.4 Å². The third-order valence-corrected chi connectivity index (χ3v) is 5.86. The molecule has 0 amide bonds. The molecule has 33 heavy (non-hydrogen) atoms. The normalized spacial score (nSPS) is 16.8. The van der Waals surface area contributed by atoms with Crippen molar-refractivity contribution in [3.05, 3.63) is 76.6 Å². The number of carbonyl (C=O) groups excluding carboxylic acids is 2. The lowest BCUT2D eigenvalue weighted by atomic mass is 9.98. The molecule has 0 saturated heterocycles. The minimum atomic E-state index is -0.688. The van der Waals surface area contributed by atoms with Crippen LogP contribution in [0.25, 0.3) is 17.1 Å². The Labute approximate surface area is 190 Å². The van der Waals surface area contributed by atoms with Crippen LogP contribution in [0.3, 0.4) is 0 Å². The largest absolute Gasteiger partial charge is 0.496 e. The predicted molar refractivity (Wildman–Crippen MR) is 121 cm³/mol. The van der Waals surface area contributed by atoms with Crippen molar-refractivity contribution in [3.63, 3.8) is 0 Å². The molecule has 3 aromatic rings. The minimum absolute atomic E-state index is 0.0728. The molecule has 0 fully saturated rings. The molecule has 1 N–H and O–H groups in total. The smallest absolute Gasteiger partial charge is 0.347 e. The van der Waals surface area contributed by atoms with Crippen LogP contribution in [0.15, 0.2) is 59.9 Å². The van der Waals surface area contributed by atoms with Crippen LogP contribution in [-0.4, -0.2) is 46.9 Å². The number of carbonyl (C=O) groups is 2. The van der Waals surface area contributed by atoms with Gasteiger partial charge in [-0.2, -0.15) is 0 Å². The van der Waals surface area contributed by atoms with Gasteiger partial charge in [-0.3, -0.25) is 4.79 Å². The van der Waals surface area contributed by atoms with Crippen LogP contribution in [0.5, 0.6) is 5.75 Å². The maximum atomic E-state index is 13.3. The van der Waals surface area contributed by atoms with E-state index in [2.05, 4.69) is 16.0 Å². The van der Waals surface area contributed by atoms with Crippen molar-refractivity contribution in [1.29, 1.82) is 0 Å². The molecule has 5 rings (SSSR count). The highest BCUT2D eigenvalue weighted by atomic mass is 16.5. The van der Waals surface area contributed by atoms with Crippen LogP contribution in [-0.2, 0) is 32.0 Å². The monoisotopic (exact) mass is 445 g/mol. The van der Waals surface area contributed by atoms with Crippen LogP contribution >= 0.6 is 0 Å². The van der Waals surface area contributed by atoms with Gasteiger partial charge < -0.3 is 24.1 Å². The first-order chi connectivity index (χ1) is 16.1. The quantitative estimate of drug-likeness (QED) is 0.366. The number of hydrogen-bond donors (Lipinski definition) is 1. The first kappa shape index (κ1) is 20.8. The number of benzene rings is 1. The number of esters is 1. The summed E-state index contributed by atoms with van der Waals surface area (Å²) in [5.74, 6) is -0.121. The van der Waals surface area contributed by atoms with Crippen molar-refractivity contribution in [3.8, 4) is 5.75 Å². The van der Waals surface area contributed by atoms with Crippen molar-refractivity contribution >= 4 is 28.9 Å². The molecule has 0 aliphatic carbocycles. The Morgan fingerprint density at radius 1 is 1.30 bits per heavy atom. The maximum absolute atomic E-state index is 13.3. The van der Waals surface area contributed by atoms with E-state index in [9.17, 15) is 9.59 Å². The number of pyridine rings is 1. The lowest BCUT2D eigenvalue weighted by Crippen LogP contribution is -2.32. The van der Waals surface area contributed by atoms with E-state index in [4.69, 9.17) is 14.2 Å². The van der Waals surface area contributed by atoms with Crippen molar-refractivity contribution in [2.75, 3.05) is 20.3 Å². The average molecular weight is 445 g/mol. The van der Waals surface area contributed by atoms with Crippen molar-refractivity contribution in [2.24, 2.45) is 0 Å². The molecule has 2 aromatic heterocycles.